The normalized spacial score (nSPS) is 18.7. The lowest BCUT2D eigenvalue weighted by Gasteiger charge is -2.19. The molecule has 0 saturated heterocycles. The molecule has 1 unspecified atom stereocenters. The zero-order valence-corrected chi connectivity index (χ0v) is 8.12. The number of aliphatic imine (C=N–C) groups is 1. The van der Waals surface area contributed by atoms with Crippen LogP contribution >= 0.6 is 11.8 Å². The van der Waals surface area contributed by atoms with Crippen LogP contribution < -0.4 is 0 Å². The van der Waals surface area contributed by atoms with E-state index in [4.69, 9.17) is 10.2 Å². The van der Waals surface area contributed by atoms with Crippen LogP contribution in [0.2, 0.25) is 0 Å². The van der Waals surface area contributed by atoms with Crippen molar-refractivity contribution in [1.29, 1.82) is 0 Å². The summed E-state index contributed by atoms with van der Waals surface area (Å²) >= 11 is 1.34. The van der Waals surface area contributed by atoms with Gasteiger partial charge in [0.05, 0.1) is 18.5 Å². The molecule has 0 radical (unpaired) electrons. The summed E-state index contributed by atoms with van der Waals surface area (Å²) < 4.78 is 0. The molecule has 1 atom stereocenters. The minimum absolute atomic E-state index is 0.148. The van der Waals surface area contributed by atoms with Gasteiger partial charge >= 0.3 is 0 Å². The van der Waals surface area contributed by atoms with Crippen molar-refractivity contribution in [3.8, 4) is 0 Å². The predicted molar refractivity (Wildman–Crippen MR) is 50.6 cm³/mol. The van der Waals surface area contributed by atoms with E-state index in [-0.39, 0.29) is 19.1 Å². The maximum Gasteiger partial charge on any atom is 0.258 e. The van der Waals surface area contributed by atoms with Gasteiger partial charge in [-0.1, -0.05) is 11.8 Å². The quantitative estimate of drug-likeness (QED) is 0.610. The highest BCUT2D eigenvalue weighted by atomic mass is 32.2. The highest BCUT2D eigenvalue weighted by molar-refractivity contribution is 8.14. The lowest BCUT2D eigenvalue weighted by molar-refractivity contribution is -0.115. The van der Waals surface area contributed by atoms with E-state index in [0.717, 1.165) is 0 Å². The maximum absolute atomic E-state index is 10.8. The number of aliphatic hydroxyl groups is 2. The second kappa shape index (κ2) is 4.59. The SMILES string of the molecule is CN(CC(O)CO)C1=NC(=O)CS1. The molecule has 6 heteroatoms. The highest BCUT2D eigenvalue weighted by Gasteiger charge is 2.19. The zero-order chi connectivity index (χ0) is 9.84. The number of amides is 1. The summed E-state index contributed by atoms with van der Waals surface area (Å²) in [4.78, 5) is 16.2. The van der Waals surface area contributed by atoms with Crippen molar-refractivity contribution >= 4 is 22.8 Å². The molecule has 13 heavy (non-hydrogen) atoms. The van der Waals surface area contributed by atoms with Crippen LogP contribution in [0.3, 0.4) is 0 Å². The standard InChI is InChI=1S/C7H12N2O3S/c1-9(2-5(11)3-10)7-8-6(12)4-13-7/h5,10-11H,2-4H2,1H3. The molecule has 5 nitrogen and oxygen atoms in total. The first-order valence-corrected chi connectivity index (χ1v) is 4.86. The summed E-state index contributed by atoms with van der Waals surface area (Å²) in [5.41, 5.74) is 0. The van der Waals surface area contributed by atoms with Crippen molar-refractivity contribution in [1.82, 2.24) is 4.90 Å². The molecule has 1 aliphatic rings. The molecular weight excluding hydrogens is 192 g/mol. The fourth-order valence-electron chi connectivity index (χ4n) is 0.945. The summed E-state index contributed by atoms with van der Waals surface area (Å²) in [6.45, 7) is 0.00580. The van der Waals surface area contributed by atoms with E-state index in [1.165, 1.54) is 11.8 Å². The molecule has 0 aromatic rings. The molecule has 74 valence electrons. The molecule has 0 aliphatic carbocycles. The van der Waals surface area contributed by atoms with Gasteiger partial charge in [-0.15, -0.1) is 0 Å². The third-order valence-corrected chi connectivity index (χ3v) is 2.62. The van der Waals surface area contributed by atoms with Gasteiger partial charge in [-0.3, -0.25) is 4.79 Å². The molecule has 0 aromatic carbocycles. The van der Waals surface area contributed by atoms with Crippen molar-refractivity contribution in [2.75, 3.05) is 26.0 Å². The minimum Gasteiger partial charge on any atom is -0.394 e. The Morgan fingerprint density at radius 1 is 1.77 bits per heavy atom. The molecule has 2 N–H and O–H groups in total. The number of amidine groups is 1. The molecule has 0 aromatic heterocycles. The third kappa shape index (κ3) is 2.98. The predicted octanol–water partition coefficient (Wildman–Crippen LogP) is -1.10. The maximum atomic E-state index is 10.8. The highest BCUT2D eigenvalue weighted by Crippen LogP contribution is 2.15. The first-order chi connectivity index (χ1) is 6.13. The van der Waals surface area contributed by atoms with E-state index < -0.39 is 6.10 Å². The Bertz CT molecular complexity index is 232. The van der Waals surface area contributed by atoms with Crippen molar-refractivity contribution in [3.05, 3.63) is 0 Å². The Labute approximate surface area is 80.5 Å². The first kappa shape index (κ1) is 10.5. The molecule has 0 bridgehead atoms. The summed E-state index contributed by atoms with van der Waals surface area (Å²) in [6, 6.07) is 0. The molecule has 0 fully saturated rings. The van der Waals surface area contributed by atoms with Gasteiger partial charge in [-0.2, -0.15) is 4.99 Å². The Balaban J connectivity index is 2.43. The Morgan fingerprint density at radius 3 is 2.92 bits per heavy atom. The van der Waals surface area contributed by atoms with E-state index in [1.807, 2.05) is 0 Å². The van der Waals surface area contributed by atoms with E-state index in [0.29, 0.717) is 10.9 Å². The van der Waals surface area contributed by atoms with Crippen LogP contribution in [0.4, 0.5) is 0 Å². The van der Waals surface area contributed by atoms with Gasteiger partial charge in [-0.25, -0.2) is 0 Å². The lowest BCUT2D eigenvalue weighted by atomic mass is 10.4. The average Bonchev–Trinajstić information content (AvgIpc) is 2.51. The first-order valence-electron chi connectivity index (χ1n) is 3.88. The van der Waals surface area contributed by atoms with E-state index in [2.05, 4.69) is 4.99 Å². The third-order valence-electron chi connectivity index (χ3n) is 1.57. The summed E-state index contributed by atoms with van der Waals surface area (Å²) in [6.07, 6.45) is -0.788. The monoisotopic (exact) mass is 204 g/mol. The van der Waals surface area contributed by atoms with Crippen LogP contribution in [0, 0.1) is 0 Å². The summed E-state index contributed by atoms with van der Waals surface area (Å²) in [7, 11) is 1.73. The van der Waals surface area contributed by atoms with Gasteiger partial charge in [0.1, 0.15) is 0 Å². The topological polar surface area (TPSA) is 73.1 Å². The largest absolute Gasteiger partial charge is 0.394 e. The molecular formula is C7H12N2O3S. The van der Waals surface area contributed by atoms with Crippen LogP contribution in [0.25, 0.3) is 0 Å². The second-order valence-corrected chi connectivity index (χ2v) is 3.74. The Morgan fingerprint density at radius 2 is 2.46 bits per heavy atom. The fraction of sp³-hybridized carbons (Fsp3) is 0.714. The van der Waals surface area contributed by atoms with Gasteiger partial charge < -0.3 is 15.1 Å². The van der Waals surface area contributed by atoms with Crippen molar-refractivity contribution in [2.24, 2.45) is 4.99 Å². The van der Waals surface area contributed by atoms with E-state index in [1.54, 1.807) is 11.9 Å². The van der Waals surface area contributed by atoms with Crippen LogP contribution in [-0.2, 0) is 4.79 Å². The molecule has 1 heterocycles. The number of rotatable bonds is 3. The number of aliphatic hydroxyl groups excluding tert-OH is 2. The average molecular weight is 204 g/mol. The van der Waals surface area contributed by atoms with Crippen LogP contribution in [-0.4, -0.2) is 58.2 Å². The molecule has 1 rings (SSSR count). The number of hydrogen-bond acceptors (Lipinski definition) is 5. The van der Waals surface area contributed by atoms with Crippen molar-refractivity contribution in [3.63, 3.8) is 0 Å². The van der Waals surface area contributed by atoms with E-state index in [9.17, 15) is 4.79 Å². The van der Waals surface area contributed by atoms with Gasteiger partial charge in [-0.05, 0) is 0 Å². The number of thioether (sulfide) groups is 1. The van der Waals surface area contributed by atoms with Crippen LogP contribution in [0.5, 0.6) is 0 Å². The number of likely N-dealkylation sites (N-methyl/N-ethyl adjacent to an activating group) is 1. The van der Waals surface area contributed by atoms with Gasteiger partial charge in [0.2, 0.25) is 0 Å². The number of nitrogens with zero attached hydrogens (tertiary/aromatic N) is 2. The molecule has 0 spiro atoms. The van der Waals surface area contributed by atoms with Crippen molar-refractivity contribution in [2.45, 2.75) is 6.10 Å². The summed E-state index contributed by atoms with van der Waals surface area (Å²) in [5.74, 6) is 0.222. The van der Waals surface area contributed by atoms with Crippen molar-refractivity contribution < 1.29 is 15.0 Å². The molecule has 1 amide bonds. The number of carbonyl (C=O) groups excluding carboxylic acids is 1. The summed E-state index contributed by atoms with van der Waals surface area (Å²) in [5, 5.41) is 18.3. The van der Waals surface area contributed by atoms with E-state index >= 15 is 0 Å². The molecule has 0 saturated carbocycles. The fourth-order valence-corrected chi connectivity index (χ4v) is 1.72. The zero-order valence-electron chi connectivity index (χ0n) is 7.30. The van der Waals surface area contributed by atoms with Gasteiger partial charge in [0.25, 0.3) is 5.91 Å². The van der Waals surface area contributed by atoms with Gasteiger partial charge in [0.15, 0.2) is 5.17 Å². The Kier molecular flexibility index (Phi) is 3.71. The molecule has 1 aliphatic heterocycles. The second-order valence-electron chi connectivity index (χ2n) is 2.79. The number of hydrogen-bond donors (Lipinski definition) is 2. The van der Waals surface area contributed by atoms with Crippen LogP contribution in [0.15, 0.2) is 4.99 Å². The van der Waals surface area contributed by atoms with Crippen LogP contribution in [0.1, 0.15) is 0 Å². The smallest absolute Gasteiger partial charge is 0.258 e. The number of carbonyl (C=O) groups is 1. The lowest BCUT2D eigenvalue weighted by Crippen LogP contribution is -2.33. The van der Waals surface area contributed by atoms with Gasteiger partial charge in [0, 0.05) is 13.6 Å². The minimum atomic E-state index is -0.788. The Hall–Kier alpha value is -0.590.